The first kappa shape index (κ1) is 16.7. The summed E-state index contributed by atoms with van der Waals surface area (Å²) in [5.74, 6) is -0.334. The lowest BCUT2D eigenvalue weighted by atomic mass is 10.1. The number of pyridine rings is 1. The van der Waals surface area contributed by atoms with Crippen LogP contribution in [0.1, 0.15) is 30.2 Å². The van der Waals surface area contributed by atoms with Gasteiger partial charge in [0.05, 0.1) is 18.0 Å². The third kappa shape index (κ3) is 3.34. The Kier molecular flexibility index (Phi) is 4.97. The van der Waals surface area contributed by atoms with Crippen molar-refractivity contribution in [2.75, 3.05) is 11.9 Å². The van der Waals surface area contributed by atoms with Crippen LogP contribution in [-0.2, 0) is 24.3 Å². The summed E-state index contributed by atoms with van der Waals surface area (Å²) in [6.45, 7) is 5.47. The van der Waals surface area contributed by atoms with Gasteiger partial charge in [-0.25, -0.2) is 4.39 Å². The molecule has 0 saturated heterocycles. The zero-order valence-electron chi connectivity index (χ0n) is 14.0. The molecule has 1 aromatic heterocycles. The predicted molar refractivity (Wildman–Crippen MR) is 91.9 cm³/mol. The molecular weight excluding hydrogens is 309 g/mol. The number of hydroxylamine groups is 1. The number of hydrogen-bond donors (Lipinski definition) is 2. The van der Waals surface area contributed by atoms with Crippen LogP contribution >= 0.6 is 0 Å². The smallest absolute Gasteiger partial charge is 0.252 e. The minimum absolute atomic E-state index is 0.0577. The summed E-state index contributed by atoms with van der Waals surface area (Å²) >= 11 is 0. The quantitative estimate of drug-likeness (QED) is 0.631. The van der Waals surface area contributed by atoms with Gasteiger partial charge in [-0.15, -0.1) is 0 Å². The molecule has 24 heavy (non-hydrogen) atoms. The van der Waals surface area contributed by atoms with Crippen LogP contribution < -0.4 is 16.4 Å². The lowest BCUT2D eigenvalue weighted by Gasteiger charge is -2.17. The monoisotopic (exact) mass is 331 g/mol. The molecular formula is C18H22FN3O2. The summed E-state index contributed by atoms with van der Waals surface area (Å²) in [5, 5.41) is 3.08. The second-order valence-corrected chi connectivity index (χ2v) is 5.94. The van der Waals surface area contributed by atoms with Gasteiger partial charge in [0.2, 0.25) is 0 Å². The van der Waals surface area contributed by atoms with E-state index in [-0.39, 0.29) is 11.4 Å². The second-order valence-electron chi connectivity index (χ2n) is 5.94. The number of halogens is 1. The van der Waals surface area contributed by atoms with Crippen LogP contribution in [0, 0.1) is 12.7 Å². The van der Waals surface area contributed by atoms with Gasteiger partial charge >= 0.3 is 0 Å². The van der Waals surface area contributed by atoms with Gasteiger partial charge in [-0.2, -0.15) is 5.48 Å². The SMILES string of the molecule is CCONCc1c(Nc2ccc(C)cc2F)cc(=O)n2c1CCC2. The molecule has 0 atom stereocenters. The maximum Gasteiger partial charge on any atom is 0.252 e. The van der Waals surface area contributed by atoms with Gasteiger partial charge in [0.1, 0.15) is 5.82 Å². The first-order valence-corrected chi connectivity index (χ1v) is 8.23. The first-order chi connectivity index (χ1) is 11.6. The number of benzene rings is 1. The highest BCUT2D eigenvalue weighted by Gasteiger charge is 2.20. The van der Waals surface area contributed by atoms with Crippen LogP contribution in [0.3, 0.4) is 0 Å². The van der Waals surface area contributed by atoms with E-state index in [1.807, 2.05) is 19.9 Å². The molecule has 0 radical (unpaired) electrons. The minimum Gasteiger partial charge on any atom is -0.353 e. The maximum absolute atomic E-state index is 14.2. The third-order valence-corrected chi connectivity index (χ3v) is 4.22. The fraction of sp³-hybridized carbons (Fsp3) is 0.389. The molecule has 2 heterocycles. The van der Waals surface area contributed by atoms with Crippen molar-refractivity contribution in [3.8, 4) is 0 Å². The average molecular weight is 331 g/mol. The topological polar surface area (TPSA) is 55.3 Å². The summed E-state index contributed by atoms with van der Waals surface area (Å²) in [6, 6.07) is 6.54. The molecule has 0 saturated carbocycles. The normalized spacial score (nSPS) is 13.1. The lowest BCUT2D eigenvalue weighted by Crippen LogP contribution is -2.24. The zero-order valence-corrected chi connectivity index (χ0v) is 14.0. The van der Waals surface area contributed by atoms with E-state index >= 15 is 0 Å². The van der Waals surface area contributed by atoms with Crippen molar-refractivity contribution in [3.63, 3.8) is 0 Å². The summed E-state index contributed by atoms with van der Waals surface area (Å²) in [6.07, 6.45) is 1.78. The molecule has 2 aromatic rings. The Balaban J connectivity index is 1.99. The second kappa shape index (κ2) is 7.15. The molecule has 6 heteroatoms. The predicted octanol–water partition coefficient (Wildman–Crippen LogP) is 3.03. The van der Waals surface area contributed by atoms with Gasteiger partial charge in [0.25, 0.3) is 5.56 Å². The van der Waals surface area contributed by atoms with E-state index in [4.69, 9.17) is 4.84 Å². The molecule has 5 nitrogen and oxygen atoms in total. The molecule has 0 amide bonds. The summed E-state index contributed by atoms with van der Waals surface area (Å²) in [5.41, 5.74) is 6.62. The first-order valence-electron chi connectivity index (χ1n) is 8.23. The highest BCUT2D eigenvalue weighted by atomic mass is 19.1. The minimum atomic E-state index is -0.334. The molecule has 0 spiro atoms. The van der Waals surface area contributed by atoms with Crippen molar-refractivity contribution < 1.29 is 9.23 Å². The van der Waals surface area contributed by atoms with Gasteiger partial charge in [-0.3, -0.25) is 4.79 Å². The van der Waals surface area contributed by atoms with Gasteiger partial charge in [0, 0.05) is 30.4 Å². The Morgan fingerprint density at radius 3 is 2.88 bits per heavy atom. The molecule has 128 valence electrons. The zero-order chi connectivity index (χ0) is 17.1. The van der Waals surface area contributed by atoms with E-state index in [2.05, 4.69) is 10.8 Å². The van der Waals surface area contributed by atoms with E-state index in [1.54, 1.807) is 10.6 Å². The third-order valence-electron chi connectivity index (χ3n) is 4.22. The van der Waals surface area contributed by atoms with Crippen molar-refractivity contribution in [1.29, 1.82) is 0 Å². The number of nitrogens with one attached hydrogen (secondary N) is 2. The highest BCUT2D eigenvalue weighted by Crippen LogP contribution is 2.27. The van der Waals surface area contributed by atoms with Gasteiger partial charge in [-0.1, -0.05) is 6.07 Å². The Hall–Kier alpha value is -2.18. The molecule has 3 rings (SSSR count). The molecule has 2 N–H and O–H groups in total. The number of hydrogen-bond acceptors (Lipinski definition) is 4. The van der Waals surface area contributed by atoms with E-state index < -0.39 is 0 Å². The summed E-state index contributed by atoms with van der Waals surface area (Å²) in [7, 11) is 0. The maximum atomic E-state index is 14.2. The van der Waals surface area contributed by atoms with Crippen molar-refractivity contribution in [1.82, 2.24) is 10.0 Å². The number of anilines is 2. The fourth-order valence-corrected chi connectivity index (χ4v) is 3.08. The largest absolute Gasteiger partial charge is 0.353 e. The Bertz CT molecular complexity index is 802. The van der Waals surface area contributed by atoms with Crippen molar-refractivity contribution in [2.45, 2.75) is 39.8 Å². The van der Waals surface area contributed by atoms with Crippen LogP contribution in [0.4, 0.5) is 15.8 Å². The average Bonchev–Trinajstić information content (AvgIpc) is 3.03. The summed E-state index contributed by atoms with van der Waals surface area (Å²) in [4.78, 5) is 17.6. The molecule has 1 aliphatic rings. The van der Waals surface area contributed by atoms with Crippen LogP contribution in [0.25, 0.3) is 0 Å². The van der Waals surface area contributed by atoms with Gasteiger partial charge in [0.15, 0.2) is 0 Å². The van der Waals surface area contributed by atoms with Crippen molar-refractivity contribution >= 4 is 11.4 Å². The molecule has 1 aromatic carbocycles. The molecule has 1 aliphatic heterocycles. The van der Waals surface area contributed by atoms with Crippen LogP contribution in [0.2, 0.25) is 0 Å². The fourth-order valence-electron chi connectivity index (χ4n) is 3.08. The molecule has 0 fully saturated rings. The Morgan fingerprint density at radius 1 is 1.29 bits per heavy atom. The highest BCUT2D eigenvalue weighted by molar-refractivity contribution is 5.64. The molecule has 0 bridgehead atoms. The van der Waals surface area contributed by atoms with Gasteiger partial charge in [-0.05, 0) is 44.4 Å². The lowest BCUT2D eigenvalue weighted by molar-refractivity contribution is 0.0462. The van der Waals surface area contributed by atoms with Crippen molar-refractivity contribution in [3.05, 3.63) is 57.3 Å². The van der Waals surface area contributed by atoms with E-state index in [0.29, 0.717) is 24.5 Å². The number of aryl methyl sites for hydroxylation is 1. The van der Waals surface area contributed by atoms with Gasteiger partial charge < -0.3 is 14.7 Å². The van der Waals surface area contributed by atoms with Crippen LogP contribution in [0.15, 0.2) is 29.1 Å². The van der Waals surface area contributed by atoms with Crippen LogP contribution in [0.5, 0.6) is 0 Å². The molecule has 0 unspecified atom stereocenters. The van der Waals surface area contributed by atoms with Crippen LogP contribution in [-0.4, -0.2) is 11.2 Å². The van der Waals surface area contributed by atoms with Crippen molar-refractivity contribution in [2.24, 2.45) is 0 Å². The van der Waals surface area contributed by atoms with E-state index in [9.17, 15) is 9.18 Å². The number of nitrogens with zero attached hydrogens (tertiary/aromatic N) is 1. The number of rotatable bonds is 6. The number of aromatic nitrogens is 1. The van der Waals surface area contributed by atoms with E-state index in [0.717, 1.165) is 36.2 Å². The Labute approximate surface area is 140 Å². The summed E-state index contributed by atoms with van der Waals surface area (Å²) < 4.78 is 16.0. The number of fused-ring (bicyclic) bond motifs is 1. The van der Waals surface area contributed by atoms with E-state index in [1.165, 1.54) is 12.1 Å². The Morgan fingerprint density at radius 2 is 2.12 bits per heavy atom. The standard InChI is InChI=1S/C18H22FN3O2/c1-3-24-20-11-13-16(10-18(23)22-8-4-5-17(13)22)21-15-7-6-12(2)9-14(15)19/h6-7,9-10,20-21H,3-5,8,11H2,1-2H3. The molecule has 0 aliphatic carbocycles.